The molecule has 0 saturated carbocycles. The first-order valence-electron chi connectivity index (χ1n) is 6.57. The minimum Gasteiger partial charge on any atom is -0.309 e. The van der Waals surface area contributed by atoms with E-state index in [-0.39, 0.29) is 5.54 Å². The fraction of sp³-hybridized carbons (Fsp3) is 0.467. The third-order valence-corrected chi connectivity index (χ3v) is 4.61. The van der Waals surface area contributed by atoms with Crippen LogP contribution >= 0.6 is 11.3 Å². The smallest absolute Gasteiger partial charge is 0.0346 e. The van der Waals surface area contributed by atoms with Gasteiger partial charge in [-0.25, -0.2) is 0 Å². The van der Waals surface area contributed by atoms with Crippen LogP contribution in [0.5, 0.6) is 0 Å². The number of benzene rings is 1. The molecule has 18 heavy (non-hydrogen) atoms. The summed E-state index contributed by atoms with van der Waals surface area (Å²) in [4.78, 5) is 4.04. The molecule has 2 aromatic rings. The molecule has 0 bridgehead atoms. The van der Waals surface area contributed by atoms with Crippen molar-refractivity contribution in [3.8, 4) is 0 Å². The molecule has 0 aliphatic carbocycles. The van der Waals surface area contributed by atoms with E-state index in [0.717, 1.165) is 26.2 Å². The van der Waals surface area contributed by atoms with Gasteiger partial charge in [0, 0.05) is 41.3 Å². The van der Waals surface area contributed by atoms with E-state index in [2.05, 4.69) is 54.4 Å². The zero-order chi connectivity index (χ0) is 12.6. The molecule has 0 spiro atoms. The topological polar surface area (TPSA) is 15.3 Å². The van der Waals surface area contributed by atoms with Crippen LogP contribution in [0.15, 0.2) is 30.3 Å². The lowest BCUT2D eigenvalue weighted by atomic mass is 10.0. The Bertz CT molecular complexity index is 511. The van der Waals surface area contributed by atoms with Gasteiger partial charge >= 0.3 is 0 Å². The maximum absolute atomic E-state index is 3.56. The lowest BCUT2D eigenvalue weighted by Crippen LogP contribution is -2.56. The summed E-state index contributed by atoms with van der Waals surface area (Å²) >= 11 is 1.93. The minimum absolute atomic E-state index is 0.245. The predicted octanol–water partition coefficient (Wildman–Crippen LogP) is 3.09. The number of thiophene rings is 1. The van der Waals surface area contributed by atoms with Crippen LogP contribution in [-0.2, 0) is 6.54 Å². The van der Waals surface area contributed by atoms with E-state index in [0.29, 0.717) is 0 Å². The molecule has 2 heterocycles. The van der Waals surface area contributed by atoms with Gasteiger partial charge in [0.1, 0.15) is 0 Å². The van der Waals surface area contributed by atoms with Crippen molar-refractivity contribution in [2.75, 3.05) is 19.6 Å². The van der Waals surface area contributed by atoms with Gasteiger partial charge < -0.3 is 5.32 Å². The van der Waals surface area contributed by atoms with Gasteiger partial charge in [-0.05, 0) is 31.4 Å². The van der Waals surface area contributed by atoms with E-state index in [1.165, 1.54) is 15.0 Å². The Morgan fingerprint density at radius 1 is 1.33 bits per heavy atom. The zero-order valence-corrected chi connectivity index (χ0v) is 11.9. The largest absolute Gasteiger partial charge is 0.309 e. The Balaban J connectivity index is 1.76. The van der Waals surface area contributed by atoms with Crippen LogP contribution in [0, 0.1) is 0 Å². The maximum Gasteiger partial charge on any atom is 0.0346 e. The van der Waals surface area contributed by atoms with Crippen molar-refractivity contribution in [1.29, 1.82) is 0 Å². The Hall–Kier alpha value is -0.900. The molecule has 0 radical (unpaired) electrons. The van der Waals surface area contributed by atoms with Gasteiger partial charge in [-0.3, -0.25) is 4.90 Å². The van der Waals surface area contributed by atoms with Gasteiger partial charge in [-0.1, -0.05) is 18.2 Å². The van der Waals surface area contributed by atoms with E-state index < -0.39 is 0 Å². The maximum atomic E-state index is 3.56. The molecule has 1 saturated heterocycles. The number of piperazine rings is 1. The second-order valence-corrected chi connectivity index (χ2v) is 6.94. The Kier molecular flexibility index (Phi) is 3.14. The summed E-state index contributed by atoms with van der Waals surface area (Å²) in [5.41, 5.74) is 0.245. The van der Waals surface area contributed by atoms with Crippen LogP contribution in [0.3, 0.4) is 0 Å². The van der Waals surface area contributed by atoms with E-state index in [1.54, 1.807) is 0 Å². The third-order valence-electron chi connectivity index (χ3n) is 3.51. The van der Waals surface area contributed by atoms with Gasteiger partial charge in [0.25, 0.3) is 0 Å². The van der Waals surface area contributed by atoms with Crippen LogP contribution in [-0.4, -0.2) is 30.1 Å². The summed E-state index contributed by atoms with van der Waals surface area (Å²) in [5.74, 6) is 0. The predicted molar refractivity (Wildman–Crippen MR) is 79.2 cm³/mol. The second kappa shape index (κ2) is 4.65. The monoisotopic (exact) mass is 260 g/mol. The lowest BCUT2D eigenvalue weighted by Gasteiger charge is -2.38. The molecule has 1 aromatic heterocycles. The van der Waals surface area contributed by atoms with Crippen molar-refractivity contribution in [3.05, 3.63) is 35.2 Å². The molecule has 1 aliphatic heterocycles. The fourth-order valence-electron chi connectivity index (χ4n) is 2.72. The van der Waals surface area contributed by atoms with Gasteiger partial charge in [-0.15, -0.1) is 11.3 Å². The molecule has 1 N–H and O–H groups in total. The molecular weight excluding hydrogens is 240 g/mol. The SMILES string of the molecule is CC1(C)CN(Cc2cc3ccccc3s2)CCN1. The molecule has 3 rings (SSSR count). The van der Waals surface area contributed by atoms with Gasteiger partial charge in [0.2, 0.25) is 0 Å². The third kappa shape index (κ3) is 2.58. The van der Waals surface area contributed by atoms with Crippen molar-refractivity contribution in [3.63, 3.8) is 0 Å². The lowest BCUT2D eigenvalue weighted by molar-refractivity contribution is 0.149. The van der Waals surface area contributed by atoms with Crippen molar-refractivity contribution in [2.45, 2.75) is 25.9 Å². The molecule has 96 valence electrons. The van der Waals surface area contributed by atoms with E-state index in [4.69, 9.17) is 0 Å². The first-order chi connectivity index (χ1) is 8.62. The number of hydrogen-bond acceptors (Lipinski definition) is 3. The molecule has 1 aliphatic rings. The quantitative estimate of drug-likeness (QED) is 0.892. The molecule has 3 heteroatoms. The number of rotatable bonds is 2. The Morgan fingerprint density at radius 2 is 2.17 bits per heavy atom. The van der Waals surface area contributed by atoms with Gasteiger partial charge in [0.15, 0.2) is 0 Å². The highest BCUT2D eigenvalue weighted by molar-refractivity contribution is 7.19. The van der Waals surface area contributed by atoms with Crippen molar-refractivity contribution < 1.29 is 0 Å². The molecule has 1 aromatic carbocycles. The Labute approximate surface area is 113 Å². The number of nitrogens with one attached hydrogen (secondary N) is 1. The summed E-state index contributed by atoms with van der Waals surface area (Å²) in [6, 6.07) is 11.0. The molecule has 0 atom stereocenters. The highest BCUT2D eigenvalue weighted by Crippen LogP contribution is 2.26. The standard InChI is InChI=1S/C15H20N2S/c1-15(2)11-17(8-7-16-15)10-13-9-12-5-3-4-6-14(12)18-13/h3-6,9,16H,7-8,10-11H2,1-2H3. The average Bonchev–Trinajstić information content (AvgIpc) is 2.69. The fourth-order valence-corrected chi connectivity index (χ4v) is 3.82. The summed E-state index contributed by atoms with van der Waals surface area (Å²) in [7, 11) is 0. The van der Waals surface area contributed by atoms with E-state index in [1.807, 2.05) is 11.3 Å². The van der Waals surface area contributed by atoms with Crippen LogP contribution in [0.1, 0.15) is 18.7 Å². The molecule has 1 fully saturated rings. The van der Waals surface area contributed by atoms with E-state index >= 15 is 0 Å². The molecule has 2 nitrogen and oxygen atoms in total. The van der Waals surface area contributed by atoms with Crippen molar-refractivity contribution >= 4 is 21.4 Å². The van der Waals surface area contributed by atoms with Crippen LogP contribution in [0.2, 0.25) is 0 Å². The Morgan fingerprint density at radius 3 is 2.94 bits per heavy atom. The highest BCUT2D eigenvalue weighted by atomic mass is 32.1. The van der Waals surface area contributed by atoms with Crippen LogP contribution in [0.4, 0.5) is 0 Å². The molecular formula is C15H20N2S. The highest BCUT2D eigenvalue weighted by Gasteiger charge is 2.25. The van der Waals surface area contributed by atoms with E-state index in [9.17, 15) is 0 Å². The number of hydrogen-bond donors (Lipinski definition) is 1. The summed E-state index contributed by atoms with van der Waals surface area (Å²) < 4.78 is 1.40. The normalized spacial score (nSPS) is 20.3. The number of fused-ring (bicyclic) bond motifs is 1. The van der Waals surface area contributed by atoms with Crippen LogP contribution < -0.4 is 5.32 Å². The van der Waals surface area contributed by atoms with Crippen molar-refractivity contribution in [1.82, 2.24) is 10.2 Å². The average molecular weight is 260 g/mol. The summed E-state index contributed by atoms with van der Waals surface area (Å²) in [6.45, 7) is 9.02. The summed E-state index contributed by atoms with van der Waals surface area (Å²) in [6.07, 6.45) is 0. The molecule has 0 amide bonds. The summed E-state index contributed by atoms with van der Waals surface area (Å²) in [5, 5.41) is 4.94. The minimum atomic E-state index is 0.245. The number of nitrogens with zero attached hydrogens (tertiary/aromatic N) is 1. The first-order valence-corrected chi connectivity index (χ1v) is 7.39. The van der Waals surface area contributed by atoms with Crippen LogP contribution in [0.25, 0.3) is 10.1 Å². The molecule has 0 unspecified atom stereocenters. The van der Waals surface area contributed by atoms with Crippen molar-refractivity contribution in [2.24, 2.45) is 0 Å². The zero-order valence-electron chi connectivity index (χ0n) is 11.1. The first kappa shape index (κ1) is 12.2. The second-order valence-electron chi connectivity index (χ2n) is 5.77. The van der Waals surface area contributed by atoms with Gasteiger partial charge in [0.05, 0.1) is 0 Å². The van der Waals surface area contributed by atoms with Gasteiger partial charge in [-0.2, -0.15) is 0 Å².